The first-order valence-electron chi connectivity index (χ1n) is 15.3. The Morgan fingerprint density at radius 1 is 0.950 bits per heavy atom. The molecule has 0 bridgehead atoms. The molecular formula is C31H47N5O4. The van der Waals surface area contributed by atoms with E-state index in [4.69, 9.17) is 0 Å². The topological polar surface area (TPSA) is 111 Å². The minimum atomic E-state index is -0.316. The average molecular weight is 554 g/mol. The van der Waals surface area contributed by atoms with Gasteiger partial charge in [0.2, 0.25) is 17.7 Å². The van der Waals surface area contributed by atoms with Crippen LogP contribution in [0.4, 0.5) is 0 Å². The maximum Gasteiger partial charge on any atom is 0.251 e. The normalized spacial score (nSPS) is 26.0. The van der Waals surface area contributed by atoms with Crippen LogP contribution in [0, 0.1) is 11.8 Å². The first-order valence-corrected chi connectivity index (χ1v) is 15.3. The highest BCUT2D eigenvalue weighted by atomic mass is 16.2. The van der Waals surface area contributed by atoms with Crippen LogP contribution < -0.4 is 16.0 Å². The number of piperidine rings is 1. The van der Waals surface area contributed by atoms with Gasteiger partial charge in [-0.3, -0.25) is 19.2 Å². The Hall–Kier alpha value is -2.94. The van der Waals surface area contributed by atoms with Gasteiger partial charge in [0.25, 0.3) is 5.91 Å². The maximum atomic E-state index is 13.1. The fourth-order valence-corrected chi connectivity index (χ4v) is 6.59. The van der Waals surface area contributed by atoms with Crippen LogP contribution in [-0.2, 0) is 14.4 Å². The monoisotopic (exact) mass is 553 g/mol. The summed E-state index contributed by atoms with van der Waals surface area (Å²) in [5, 5.41) is 9.00. The van der Waals surface area contributed by atoms with Crippen molar-refractivity contribution in [3.63, 3.8) is 0 Å². The summed E-state index contributed by atoms with van der Waals surface area (Å²) in [6, 6.07) is 9.44. The Morgan fingerprint density at radius 3 is 2.50 bits per heavy atom. The summed E-state index contributed by atoms with van der Waals surface area (Å²) >= 11 is 0. The summed E-state index contributed by atoms with van der Waals surface area (Å²) in [4.78, 5) is 55.2. The lowest BCUT2D eigenvalue weighted by Crippen LogP contribution is -2.48. The Labute approximate surface area is 238 Å². The average Bonchev–Trinajstić information content (AvgIpc) is 3.48. The second-order valence-electron chi connectivity index (χ2n) is 11.9. The predicted octanol–water partition coefficient (Wildman–Crippen LogP) is 2.71. The molecule has 3 aliphatic rings. The van der Waals surface area contributed by atoms with Crippen molar-refractivity contribution >= 4 is 23.6 Å². The van der Waals surface area contributed by atoms with Gasteiger partial charge in [-0.05, 0) is 75.5 Å². The largest absolute Gasteiger partial charge is 0.356 e. The van der Waals surface area contributed by atoms with Crippen molar-refractivity contribution < 1.29 is 19.2 Å². The van der Waals surface area contributed by atoms with Crippen LogP contribution in [-0.4, -0.2) is 85.3 Å². The predicted molar refractivity (Wildman–Crippen MR) is 154 cm³/mol. The van der Waals surface area contributed by atoms with Gasteiger partial charge in [-0.25, -0.2) is 0 Å². The number of carbonyl (C=O) groups is 4. The number of carbonyl (C=O) groups excluding carboxylic acids is 4. The highest BCUT2D eigenvalue weighted by molar-refractivity contribution is 5.94. The van der Waals surface area contributed by atoms with Gasteiger partial charge in [0.1, 0.15) is 0 Å². The van der Waals surface area contributed by atoms with Crippen LogP contribution in [0.5, 0.6) is 0 Å². The molecular weight excluding hydrogens is 506 g/mol. The Morgan fingerprint density at radius 2 is 1.73 bits per heavy atom. The molecule has 2 aliphatic heterocycles. The molecule has 40 heavy (non-hydrogen) atoms. The third-order valence-corrected chi connectivity index (χ3v) is 8.94. The van der Waals surface area contributed by atoms with E-state index in [-0.39, 0.29) is 48.6 Å². The van der Waals surface area contributed by atoms with E-state index in [0.29, 0.717) is 43.5 Å². The highest BCUT2D eigenvalue weighted by Crippen LogP contribution is 2.34. The second-order valence-corrected chi connectivity index (χ2v) is 11.9. The Balaban J connectivity index is 1.29. The fraction of sp³-hybridized carbons (Fsp3) is 0.677. The van der Waals surface area contributed by atoms with E-state index in [1.54, 1.807) is 19.2 Å². The van der Waals surface area contributed by atoms with Crippen molar-refractivity contribution in [2.75, 3.05) is 39.8 Å². The molecule has 0 radical (unpaired) electrons. The van der Waals surface area contributed by atoms with Crippen LogP contribution in [0.1, 0.15) is 81.0 Å². The molecule has 1 aliphatic carbocycles. The van der Waals surface area contributed by atoms with E-state index < -0.39 is 0 Å². The molecule has 9 heteroatoms. The SMILES string of the molecule is CN1CC(=O)N[C@@H](CCCCNC(=O)c2ccccc2)CC(=O)NCC[C@H]2CN(C3CCCC3)CC[C@H]2CC1=O. The van der Waals surface area contributed by atoms with Crippen LogP contribution in [0.25, 0.3) is 0 Å². The number of unbranched alkanes of at least 4 members (excludes halogenated alkanes) is 1. The molecule has 4 rings (SSSR count). The van der Waals surface area contributed by atoms with Gasteiger partial charge < -0.3 is 25.8 Å². The molecule has 0 aromatic heterocycles. The standard InChI is InChI=1S/C31H47N5O4/c1-35-22-29(38)34-26(11-7-8-16-33-31(40)23-9-3-2-4-10-23)20-28(37)32-17-14-25-21-36(27-12-5-6-13-27)18-15-24(25)19-30(35)39/h2-4,9-10,24-27H,5-8,11-22H2,1H3,(H,32,37)(H,33,40)(H,34,38)/t24-,25-,26-/m0/s1. The van der Waals surface area contributed by atoms with Crippen molar-refractivity contribution in [1.82, 2.24) is 25.8 Å². The molecule has 1 aromatic rings. The van der Waals surface area contributed by atoms with Crippen LogP contribution in [0.3, 0.4) is 0 Å². The molecule has 1 saturated carbocycles. The zero-order valence-electron chi connectivity index (χ0n) is 24.0. The van der Waals surface area contributed by atoms with Gasteiger partial charge in [0.05, 0.1) is 6.54 Å². The molecule has 4 amide bonds. The third-order valence-electron chi connectivity index (χ3n) is 8.94. The number of benzene rings is 1. The van der Waals surface area contributed by atoms with E-state index >= 15 is 0 Å². The number of hydrogen-bond acceptors (Lipinski definition) is 5. The van der Waals surface area contributed by atoms with Gasteiger partial charge in [-0.15, -0.1) is 0 Å². The van der Waals surface area contributed by atoms with Gasteiger partial charge >= 0.3 is 0 Å². The van der Waals surface area contributed by atoms with Crippen molar-refractivity contribution in [2.45, 2.75) is 82.7 Å². The molecule has 3 N–H and O–H groups in total. The number of likely N-dealkylation sites (tertiary alicyclic amines) is 1. The van der Waals surface area contributed by atoms with Crippen molar-refractivity contribution in [1.29, 1.82) is 0 Å². The molecule has 2 heterocycles. The number of nitrogens with zero attached hydrogens (tertiary/aromatic N) is 2. The summed E-state index contributed by atoms with van der Waals surface area (Å²) in [6.07, 6.45) is 9.80. The summed E-state index contributed by atoms with van der Waals surface area (Å²) in [5.41, 5.74) is 0.627. The zero-order valence-corrected chi connectivity index (χ0v) is 24.0. The van der Waals surface area contributed by atoms with Crippen LogP contribution in [0.15, 0.2) is 30.3 Å². The van der Waals surface area contributed by atoms with Gasteiger partial charge in [0.15, 0.2) is 0 Å². The minimum absolute atomic E-state index is 0.00429. The van der Waals surface area contributed by atoms with Crippen LogP contribution in [0.2, 0.25) is 0 Å². The molecule has 3 fully saturated rings. The molecule has 9 nitrogen and oxygen atoms in total. The number of amides is 4. The molecule has 0 unspecified atom stereocenters. The van der Waals surface area contributed by atoms with E-state index in [9.17, 15) is 19.2 Å². The van der Waals surface area contributed by atoms with Gasteiger partial charge in [-0.1, -0.05) is 31.0 Å². The van der Waals surface area contributed by atoms with Crippen molar-refractivity contribution in [2.24, 2.45) is 11.8 Å². The smallest absolute Gasteiger partial charge is 0.251 e. The lowest BCUT2D eigenvalue weighted by Gasteiger charge is -2.42. The fourth-order valence-electron chi connectivity index (χ4n) is 6.59. The molecule has 220 valence electrons. The van der Waals surface area contributed by atoms with Crippen molar-refractivity contribution in [3.05, 3.63) is 35.9 Å². The van der Waals surface area contributed by atoms with E-state index in [1.807, 2.05) is 18.2 Å². The second kappa shape index (κ2) is 15.2. The van der Waals surface area contributed by atoms with Crippen molar-refractivity contribution in [3.8, 4) is 0 Å². The molecule has 2 saturated heterocycles. The molecule has 0 spiro atoms. The highest BCUT2D eigenvalue weighted by Gasteiger charge is 2.35. The number of nitrogens with one attached hydrogen (secondary N) is 3. The Bertz CT molecular complexity index is 997. The van der Waals surface area contributed by atoms with E-state index in [2.05, 4.69) is 20.9 Å². The summed E-state index contributed by atoms with van der Waals surface area (Å²) in [6.45, 7) is 3.14. The number of likely N-dealkylation sites (N-methyl/N-ethyl adjacent to an activating group) is 1. The van der Waals surface area contributed by atoms with Gasteiger partial charge in [-0.2, -0.15) is 0 Å². The molecule has 1 aromatic carbocycles. The van der Waals surface area contributed by atoms with E-state index in [0.717, 1.165) is 38.8 Å². The number of hydrogen-bond donors (Lipinski definition) is 3. The first-order chi connectivity index (χ1) is 19.4. The third kappa shape index (κ3) is 9.04. The zero-order chi connectivity index (χ0) is 28.3. The minimum Gasteiger partial charge on any atom is -0.356 e. The number of rotatable bonds is 7. The van der Waals surface area contributed by atoms with E-state index in [1.165, 1.54) is 30.6 Å². The number of fused-ring (bicyclic) bond motifs is 1. The lowest BCUT2D eigenvalue weighted by atomic mass is 9.80. The lowest BCUT2D eigenvalue weighted by molar-refractivity contribution is -0.136. The van der Waals surface area contributed by atoms with Gasteiger partial charge in [0, 0.05) is 57.2 Å². The summed E-state index contributed by atoms with van der Waals surface area (Å²) in [5.74, 6) is 0.271. The summed E-state index contributed by atoms with van der Waals surface area (Å²) in [7, 11) is 1.70. The molecule has 3 atom stereocenters. The Kier molecular flexibility index (Phi) is 11.4. The first kappa shape index (κ1) is 30.0. The summed E-state index contributed by atoms with van der Waals surface area (Å²) < 4.78 is 0. The van der Waals surface area contributed by atoms with Crippen LogP contribution >= 0.6 is 0 Å². The quantitative estimate of drug-likeness (QED) is 0.450. The maximum absolute atomic E-state index is 13.1.